The number of rotatable bonds is 7. The Morgan fingerprint density at radius 2 is 1.75 bits per heavy atom. The van der Waals surface area contributed by atoms with Gasteiger partial charge in [-0.15, -0.1) is 0 Å². The van der Waals surface area contributed by atoms with Crippen LogP contribution in [0.4, 0.5) is 0 Å². The number of aryl methyl sites for hydroxylation is 3. The predicted octanol–water partition coefficient (Wildman–Crippen LogP) is 5.46. The Labute approximate surface area is 212 Å². The highest BCUT2D eigenvalue weighted by molar-refractivity contribution is 5.84. The van der Waals surface area contributed by atoms with Crippen LogP contribution in [0, 0.1) is 19.8 Å². The zero-order valence-corrected chi connectivity index (χ0v) is 21.4. The summed E-state index contributed by atoms with van der Waals surface area (Å²) in [6, 6.07) is 20.8. The fourth-order valence-corrected chi connectivity index (χ4v) is 5.13. The van der Waals surface area contributed by atoms with Gasteiger partial charge >= 0.3 is 0 Å². The highest BCUT2D eigenvalue weighted by atomic mass is 16.5. The molecule has 0 saturated carbocycles. The van der Waals surface area contributed by atoms with E-state index in [0.29, 0.717) is 11.8 Å². The first-order valence-electron chi connectivity index (χ1n) is 12.9. The third-order valence-corrected chi connectivity index (χ3v) is 7.21. The molecule has 0 radical (unpaired) electrons. The normalized spacial score (nSPS) is 14.4. The number of aromatic nitrogens is 3. The summed E-state index contributed by atoms with van der Waals surface area (Å²) in [4.78, 5) is 19.7. The van der Waals surface area contributed by atoms with Crippen LogP contribution in [0.25, 0.3) is 16.7 Å². The second-order valence-electron chi connectivity index (χ2n) is 9.81. The minimum atomic E-state index is 0.00264. The zero-order chi connectivity index (χ0) is 25.1. The first kappa shape index (κ1) is 24.0. The predicted molar refractivity (Wildman–Crippen MR) is 143 cm³/mol. The van der Waals surface area contributed by atoms with E-state index in [2.05, 4.69) is 56.3 Å². The molecular weight excluding hydrogens is 448 g/mol. The average molecular weight is 483 g/mol. The fourth-order valence-electron chi connectivity index (χ4n) is 5.13. The molecule has 1 saturated heterocycles. The van der Waals surface area contributed by atoms with Crippen molar-refractivity contribution >= 4 is 16.9 Å². The molecule has 4 aromatic rings. The van der Waals surface area contributed by atoms with Crippen LogP contribution in [-0.2, 0) is 17.6 Å². The highest BCUT2D eigenvalue weighted by Crippen LogP contribution is 2.28. The minimum absolute atomic E-state index is 0.00264. The smallest absolute Gasteiger partial charge is 0.260 e. The van der Waals surface area contributed by atoms with E-state index >= 15 is 0 Å². The lowest BCUT2D eigenvalue weighted by Crippen LogP contribution is -2.41. The third kappa shape index (κ3) is 5.13. The first-order chi connectivity index (χ1) is 17.5. The summed E-state index contributed by atoms with van der Waals surface area (Å²) in [7, 11) is 0. The van der Waals surface area contributed by atoms with E-state index in [9.17, 15) is 4.79 Å². The lowest BCUT2D eigenvalue weighted by molar-refractivity contribution is -0.134. The molecule has 0 unspecified atom stereocenters. The summed E-state index contributed by atoms with van der Waals surface area (Å²) in [5.74, 6) is 1.12. The molecule has 2 aromatic heterocycles. The van der Waals surface area contributed by atoms with Crippen LogP contribution in [-0.4, -0.2) is 45.3 Å². The fraction of sp³-hybridized carbons (Fsp3) is 0.367. The van der Waals surface area contributed by atoms with Crippen molar-refractivity contribution in [2.24, 2.45) is 5.92 Å². The number of pyridine rings is 1. The van der Waals surface area contributed by atoms with Crippen LogP contribution in [0.15, 0.2) is 60.7 Å². The van der Waals surface area contributed by atoms with Gasteiger partial charge in [0.2, 0.25) is 5.88 Å². The highest BCUT2D eigenvalue weighted by Gasteiger charge is 2.24. The van der Waals surface area contributed by atoms with Gasteiger partial charge in [-0.2, -0.15) is 10.1 Å². The molecule has 1 aliphatic heterocycles. The first-order valence-corrected chi connectivity index (χ1v) is 12.9. The molecule has 0 spiro atoms. The van der Waals surface area contributed by atoms with Crippen molar-refractivity contribution in [3.05, 3.63) is 83.0 Å². The summed E-state index contributed by atoms with van der Waals surface area (Å²) in [6.45, 7) is 7.77. The maximum absolute atomic E-state index is 12.9. The Balaban J connectivity index is 1.26. The third-order valence-electron chi connectivity index (χ3n) is 7.21. The Hall–Kier alpha value is -3.67. The molecule has 1 aliphatic rings. The van der Waals surface area contributed by atoms with E-state index < -0.39 is 0 Å². The van der Waals surface area contributed by atoms with E-state index in [1.807, 2.05) is 34.7 Å². The van der Waals surface area contributed by atoms with E-state index in [1.165, 1.54) is 11.1 Å². The van der Waals surface area contributed by atoms with Crippen LogP contribution in [0.3, 0.4) is 0 Å². The lowest BCUT2D eigenvalue weighted by atomic mass is 9.90. The average Bonchev–Trinajstić information content (AvgIpc) is 3.24. The number of carbonyl (C=O) groups is 1. The summed E-state index contributed by atoms with van der Waals surface area (Å²) >= 11 is 0. The standard InChI is InChI=1S/C30H34N4O2/c1-4-25-19-27(31-30-29(25)22(3)32-34(30)26-12-10-21(2)11-13-26)36-20-28(35)33-16-14-24(15-17-33)18-23-8-6-5-7-9-23/h5-13,19,24H,4,14-18,20H2,1-3H3. The Morgan fingerprint density at radius 1 is 1.03 bits per heavy atom. The number of ether oxygens (including phenoxy) is 1. The second kappa shape index (κ2) is 10.5. The molecular formula is C30H34N4O2. The molecule has 1 fully saturated rings. The van der Waals surface area contributed by atoms with Gasteiger partial charge in [0.15, 0.2) is 12.3 Å². The molecule has 5 rings (SSSR count). The molecule has 36 heavy (non-hydrogen) atoms. The second-order valence-corrected chi connectivity index (χ2v) is 9.81. The van der Waals surface area contributed by atoms with Crippen molar-refractivity contribution in [2.75, 3.05) is 19.7 Å². The zero-order valence-electron chi connectivity index (χ0n) is 21.4. The maximum atomic E-state index is 12.9. The monoisotopic (exact) mass is 482 g/mol. The van der Waals surface area contributed by atoms with Gasteiger partial charge in [-0.3, -0.25) is 4.79 Å². The van der Waals surface area contributed by atoms with Crippen molar-refractivity contribution in [1.29, 1.82) is 0 Å². The van der Waals surface area contributed by atoms with Crippen LogP contribution >= 0.6 is 0 Å². The number of nitrogens with zero attached hydrogens (tertiary/aromatic N) is 4. The van der Waals surface area contributed by atoms with Crippen LogP contribution in [0.2, 0.25) is 0 Å². The van der Waals surface area contributed by atoms with E-state index in [0.717, 1.165) is 66.8 Å². The minimum Gasteiger partial charge on any atom is -0.467 e. The molecule has 1 amide bonds. The number of carbonyl (C=O) groups excluding carboxylic acids is 1. The number of piperidine rings is 1. The number of hydrogen-bond donors (Lipinski definition) is 0. The summed E-state index contributed by atoms with van der Waals surface area (Å²) in [5, 5.41) is 5.82. The molecule has 0 aliphatic carbocycles. The number of likely N-dealkylation sites (tertiary alicyclic amines) is 1. The van der Waals surface area contributed by atoms with Crippen molar-refractivity contribution in [1.82, 2.24) is 19.7 Å². The van der Waals surface area contributed by atoms with Crippen molar-refractivity contribution in [2.45, 2.75) is 46.5 Å². The molecule has 6 nitrogen and oxygen atoms in total. The summed E-state index contributed by atoms with van der Waals surface area (Å²) in [6.07, 6.45) is 3.97. The van der Waals surface area contributed by atoms with Crippen molar-refractivity contribution in [3.8, 4) is 11.6 Å². The van der Waals surface area contributed by atoms with E-state index in [4.69, 9.17) is 14.8 Å². The SMILES string of the molecule is CCc1cc(OCC(=O)N2CCC(Cc3ccccc3)CC2)nc2c1c(C)nn2-c1ccc(C)cc1. The van der Waals surface area contributed by atoms with Crippen molar-refractivity contribution in [3.63, 3.8) is 0 Å². The Morgan fingerprint density at radius 3 is 2.44 bits per heavy atom. The van der Waals surface area contributed by atoms with E-state index in [1.54, 1.807) is 0 Å². The van der Waals surface area contributed by atoms with Gasteiger partial charge in [0.1, 0.15) is 0 Å². The molecule has 0 bridgehead atoms. The van der Waals surface area contributed by atoms with Gasteiger partial charge in [0.25, 0.3) is 5.91 Å². The number of benzene rings is 2. The van der Waals surface area contributed by atoms with Gasteiger partial charge in [0.05, 0.1) is 11.4 Å². The van der Waals surface area contributed by atoms with Gasteiger partial charge in [-0.25, -0.2) is 4.68 Å². The number of amides is 1. The van der Waals surface area contributed by atoms with E-state index in [-0.39, 0.29) is 12.5 Å². The summed E-state index contributed by atoms with van der Waals surface area (Å²) < 4.78 is 7.84. The Kier molecular flexibility index (Phi) is 7.03. The van der Waals surface area contributed by atoms with Gasteiger partial charge in [0, 0.05) is 24.5 Å². The van der Waals surface area contributed by atoms with Crippen LogP contribution < -0.4 is 4.74 Å². The maximum Gasteiger partial charge on any atom is 0.260 e. The topological polar surface area (TPSA) is 60.2 Å². The van der Waals surface area contributed by atoms with Gasteiger partial charge in [-0.1, -0.05) is 55.0 Å². The molecule has 2 aromatic carbocycles. The Bertz CT molecular complexity index is 1340. The lowest BCUT2D eigenvalue weighted by Gasteiger charge is -2.32. The van der Waals surface area contributed by atoms with Crippen molar-refractivity contribution < 1.29 is 9.53 Å². The van der Waals surface area contributed by atoms with Crippen LogP contribution in [0.5, 0.6) is 5.88 Å². The number of hydrogen-bond acceptors (Lipinski definition) is 4. The van der Waals surface area contributed by atoms with Crippen LogP contribution in [0.1, 0.15) is 42.1 Å². The van der Waals surface area contributed by atoms with Gasteiger partial charge in [-0.05, 0) is 68.7 Å². The quantitative estimate of drug-likeness (QED) is 0.351. The molecule has 0 N–H and O–H groups in total. The molecule has 0 atom stereocenters. The molecule has 186 valence electrons. The summed E-state index contributed by atoms with van der Waals surface area (Å²) in [5.41, 5.74) is 6.36. The molecule has 3 heterocycles. The molecule has 6 heteroatoms. The number of fused-ring (bicyclic) bond motifs is 1. The van der Waals surface area contributed by atoms with Gasteiger partial charge < -0.3 is 9.64 Å². The largest absolute Gasteiger partial charge is 0.467 e.